The summed E-state index contributed by atoms with van der Waals surface area (Å²) in [4.78, 5) is 16.2. The number of ether oxygens (including phenoxy) is 1. The molecule has 1 heterocycles. The first-order chi connectivity index (χ1) is 15.7. The fourth-order valence-corrected chi connectivity index (χ4v) is 3.76. The van der Waals surface area contributed by atoms with Gasteiger partial charge in [0.05, 0.1) is 12.6 Å². The SMILES string of the molecule is COc1ccc(C(=O)NC2=C[C@H](Nc3cc(C(F)(F)F)nc4ccc(F)cc34)CCC2)cc1. The van der Waals surface area contributed by atoms with Crippen molar-refractivity contribution < 1.29 is 27.1 Å². The molecule has 1 amide bonds. The van der Waals surface area contributed by atoms with Gasteiger partial charge in [-0.2, -0.15) is 13.2 Å². The molecule has 2 N–H and O–H groups in total. The number of rotatable bonds is 5. The summed E-state index contributed by atoms with van der Waals surface area (Å²) >= 11 is 0. The van der Waals surface area contributed by atoms with E-state index in [1.807, 2.05) is 0 Å². The number of benzene rings is 2. The van der Waals surface area contributed by atoms with E-state index >= 15 is 0 Å². The number of allylic oxidation sites excluding steroid dienone is 1. The van der Waals surface area contributed by atoms with Gasteiger partial charge in [-0.1, -0.05) is 0 Å². The van der Waals surface area contributed by atoms with Crippen LogP contribution in [0, 0.1) is 5.82 Å². The fourth-order valence-electron chi connectivity index (χ4n) is 3.76. The van der Waals surface area contributed by atoms with Gasteiger partial charge in [0.1, 0.15) is 17.3 Å². The number of methoxy groups -OCH3 is 1. The topological polar surface area (TPSA) is 63.2 Å². The van der Waals surface area contributed by atoms with E-state index in [-0.39, 0.29) is 28.5 Å². The molecule has 0 saturated heterocycles. The molecule has 0 radical (unpaired) electrons. The van der Waals surface area contributed by atoms with E-state index in [2.05, 4.69) is 15.6 Å². The highest BCUT2D eigenvalue weighted by Crippen LogP contribution is 2.34. The molecule has 0 bridgehead atoms. The van der Waals surface area contributed by atoms with Crippen molar-refractivity contribution in [3.05, 3.63) is 77.4 Å². The summed E-state index contributed by atoms with van der Waals surface area (Å²) < 4.78 is 58.9. The lowest BCUT2D eigenvalue weighted by molar-refractivity contribution is -0.140. The third-order valence-electron chi connectivity index (χ3n) is 5.39. The number of halogens is 4. The zero-order chi connectivity index (χ0) is 23.6. The van der Waals surface area contributed by atoms with E-state index in [9.17, 15) is 22.4 Å². The number of carbonyl (C=O) groups excluding carboxylic acids is 1. The van der Waals surface area contributed by atoms with Crippen molar-refractivity contribution in [2.24, 2.45) is 0 Å². The average Bonchev–Trinajstić information content (AvgIpc) is 2.79. The maximum absolute atomic E-state index is 13.8. The number of pyridine rings is 1. The van der Waals surface area contributed by atoms with Crippen molar-refractivity contribution >= 4 is 22.5 Å². The van der Waals surface area contributed by atoms with Crippen LogP contribution in [0.4, 0.5) is 23.2 Å². The van der Waals surface area contributed by atoms with E-state index in [1.54, 1.807) is 30.3 Å². The lowest BCUT2D eigenvalue weighted by Gasteiger charge is -2.24. The average molecular weight is 459 g/mol. The highest BCUT2D eigenvalue weighted by molar-refractivity contribution is 5.95. The van der Waals surface area contributed by atoms with Crippen LogP contribution >= 0.6 is 0 Å². The molecular formula is C24H21F4N3O2. The zero-order valence-corrected chi connectivity index (χ0v) is 17.7. The van der Waals surface area contributed by atoms with Crippen LogP contribution in [0.3, 0.4) is 0 Å². The Labute approximate surface area is 187 Å². The maximum Gasteiger partial charge on any atom is 0.433 e. The summed E-state index contributed by atoms with van der Waals surface area (Å²) in [5.41, 5.74) is 0.242. The number of amides is 1. The van der Waals surface area contributed by atoms with Gasteiger partial charge in [-0.05, 0) is 73.9 Å². The number of carbonyl (C=O) groups is 1. The molecule has 3 aromatic rings. The smallest absolute Gasteiger partial charge is 0.433 e. The summed E-state index contributed by atoms with van der Waals surface area (Å²) in [7, 11) is 1.53. The second kappa shape index (κ2) is 9.09. The molecule has 0 saturated carbocycles. The second-order valence-electron chi connectivity index (χ2n) is 7.73. The third-order valence-corrected chi connectivity index (χ3v) is 5.39. The largest absolute Gasteiger partial charge is 0.497 e. The molecule has 5 nitrogen and oxygen atoms in total. The third kappa shape index (κ3) is 5.24. The first kappa shape index (κ1) is 22.6. The quantitative estimate of drug-likeness (QED) is 0.482. The molecule has 4 rings (SSSR count). The molecule has 1 aliphatic rings. The van der Waals surface area contributed by atoms with E-state index in [1.165, 1.54) is 13.2 Å². The van der Waals surface area contributed by atoms with Crippen molar-refractivity contribution in [1.29, 1.82) is 0 Å². The Bertz CT molecular complexity index is 1210. The summed E-state index contributed by atoms with van der Waals surface area (Å²) in [6, 6.07) is 10.6. The normalized spacial score (nSPS) is 16.3. The molecule has 0 fully saturated rings. The van der Waals surface area contributed by atoms with Gasteiger partial charge in [0.15, 0.2) is 0 Å². The van der Waals surface area contributed by atoms with Gasteiger partial charge < -0.3 is 15.4 Å². The molecule has 1 aliphatic carbocycles. The second-order valence-corrected chi connectivity index (χ2v) is 7.73. The Kier molecular flexibility index (Phi) is 6.22. The van der Waals surface area contributed by atoms with Gasteiger partial charge in [-0.3, -0.25) is 4.79 Å². The van der Waals surface area contributed by atoms with Crippen LogP contribution in [0.15, 0.2) is 60.3 Å². The number of hydrogen-bond donors (Lipinski definition) is 2. The Morgan fingerprint density at radius 3 is 2.58 bits per heavy atom. The minimum Gasteiger partial charge on any atom is -0.497 e. The van der Waals surface area contributed by atoms with Gasteiger partial charge in [0.2, 0.25) is 0 Å². The van der Waals surface area contributed by atoms with Crippen LogP contribution < -0.4 is 15.4 Å². The molecule has 172 valence electrons. The zero-order valence-electron chi connectivity index (χ0n) is 17.7. The molecule has 0 aliphatic heterocycles. The predicted octanol–water partition coefficient (Wildman–Crippen LogP) is 5.68. The fraction of sp³-hybridized carbons (Fsp3) is 0.250. The van der Waals surface area contributed by atoms with Crippen molar-refractivity contribution in [2.75, 3.05) is 12.4 Å². The molecule has 2 aromatic carbocycles. The molecule has 33 heavy (non-hydrogen) atoms. The first-order valence-electron chi connectivity index (χ1n) is 10.3. The minimum absolute atomic E-state index is 0.0431. The predicted molar refractivity (Wildman–Crippen MR) is 117 cm³/mol. The van der Waals surface area contributed by atoms with Gasteiger partial charge in [0, 0.05) is 28.4 Å². The molecule has 9 heteroatoms. The lowest BCUT2D eigenvalue weighted by Crippen LogP contribution is -2.29. The highest BCUT2D eigenvalue weighted by Gasteiger charge is 2.33. The van der Waals surface area contributed by atoms with Crippen LogP contribution in [0.5, 0.6) is 5.75 Å². The number of aromatic nitrogens is 1. The van der Waals surface area contributed by atoms with Crippen LogP contribution in [0.2, 0.25) is 0 Å². The molecule has 1 aromatic heterocycles. The van der Waals surface area contributed by atoms with Crippen molar-refractivity contribution in [2.45, 2.75) is 31.5 Å². The summed E-state index contributed by atoms with van der Waals surface area (Å²) in [5.74, 6) is -0.231. The number of fused-ring (bicyclic) bond motifs is 1. The van der Waals surface area contributed by atoms with Gasteiger partial charge in [0.25, 0.3) is 5.91 Å². The summed E-state index contributed by atoms with van der Waals surface area (Å²) in [6.45, 7) is 0. The molecule has 0 spiro atoms. The van der Waals surface area contributed by atoms with Crippen molar-refractivity contribution in [1.82, 2.24) is 10.3 Å². The Morgan fingerprint density at radius 1 is 1.12 bits per heavy atom. The number of nitrogens with one attached hydrogen (secondary N) is 2. The molecule has 1 atom stereocenters. The van der Waals surface area contributed by atoms with Crippen LogP contribution in [-0.2, 0) is 6.18 Å². The highest BCUT2D eigenvalue weighted by atomic mass is 19.4. The van der Waals surface area contributed by atoms with Gasteiger partial charge in [-0.15, -0.1) is 0 Å². The molecular weight excluding hydrogens is 438 g/mol. The Hall–Kier alpha value is -3.62. The van der Waals surface area contributed by atoms with E-state index in [4.69, 9.17) is 4.74 Å². The Morgan fingerprint density at radius 2 is 1.88 bits per heavy atom. The van der Waals surface area contributed by atoms with Gasteiger partial charge in [-0.25, -0.2) is 9.37 Å². The maximum atomic E-state index is 13.8. The minimum atomic E-state index is -4.64. The number of nitrogens with zero attached hydrogens (tertiary/aromatic N) is 1. The van der Waals surface area contributed by atoms with Crippen molar-refractivity contribution in [3.63, 3.8) is 0 Å². The van der Waals surface area contributed by atoms with Crippen molar-refractivity contribution in [3.8, 4) is 5.75 Å². The van der Waals surface area contributed by atoms with Gasteiger partial charge >= 0.3 is 6.18 Å². The number of alkyl halides is 3. The summed E-state index contributed by atoms with van der Waals surface area (Å²) in [6.07, 6.45) is -0.874. The standard InChI is InChI=1S/C24H21F4N3O2/c1-33-18-8-5-14(6-9-18)23(32)30-17-4-2-3-16(12-17)29-21-13-22(24(26,27)28)31-20-10-7-15(25)11-19(20)21/h5-13,16H,2-4H2,1H3,(H,29,31)(H,30,32)/t16-/m1/s1. The number of anilines is 1. The van der Waals surface area contributed by atoms with E-state index < -0.39 is 17.7 Å². The van der Waals surface area contributed by atoms with E-state index in [0.29, 0.717) is 29.9 Å². The van der Waals surface area contributed by atoms with E-state index in [0.717, 1.165) is 24.6 Å². The Balaban J connectivity index is 1.57. The molecule has 0 unspecified atom stereocenters. The monoisotopic (exact) mass is 459 g/mol. The van der Waals surface area contributed by atoms with Crippen LogP contribution in [0.1, 0.15) is 35.3 Å². The summed E-state index contributed by atoms with van der Waals surface area (Å²) in [5, 5.41) is 6.19. The van der Waals surface area contributed by atoms with Crippen LogP contribution in [0.25, 0.3) is 10.9 Å². The number of hydrogen-bond acceptors (Lipinski definition) is 4. The van der Waals surface area contributed by atoms with Crippen LogP contribution in [-0.4, -0.2) is 24.0 Å². The lowest BCUT2D eigenvalue weighted by atomic mass is 9.99. The first-order valence-corrected chi connectivity index (χ1v) is 10.3.